The van der Waals surface area contributed by atoms with Gasteiger partial charge in [-0.05, 0) is 29.8 Å². The van der Waals surface area contributed by atoms with Crippen molar-refractivity contribution >= 4 is 17.3 Å². The summed E-state index contributed by atoms with van der Waals surface area (Å²) >= 11 is 5.81. The molecule has 0 aliphatic rings. The molecule has 4 nitrogen and oxygen atoms in total. The van der Waals surface area contributed by atoms with Gasteiger partial charge in [0.25, 0.3) is 0 Å². The second-order valence-corrected chi connectivity index (χ2v) is 5.00. The van der Waals surface area contributed by atoms with Gasteiger partial charge in [0.1, 0.15) is 6.07 Å². The molecule has 8 heteroatoms. The molecule has 0 aliphatic carbocycles. The van der Waals surface area contributed by atoms with Crippen LogP contribution in [-0.2, 0) is 6.54 Å². The average Bonchev–Trinajstić information content (AvgIpc) is 2.51. The van der Waals surface area contributed by atoms with E-state index < -0.39 is 12.8 Å². The molecule has 0 unspecified atom stereocenters. The highest BCUT2D eigenvalue weighted by Crippen LogP contribution is 2.21. The van der Waals surface area contributed by atoms with Gasteiger partial charge in [-0.1, -0.05) is 11.6 Å². The van der Waals surface area contributed by atoms with E-state index in [0.717, 1.165) is 0 Å². The van der Waals surface area contributed by atoms with Crippen LogP contribution in [-0.4, -0.2) is 17.8 Å². The molecule has 23 heavy (non-hydrogen) atoms. The maximum atomic E-state index is 12.1. The third kappa shape index (κ3) is 5.34. The van der Waals surface area contributed by atoms with Gasteiger partial charge >= 0.3 is 6.18 Å². The van der Waals surface area contributed by atoms with Crippen LogP contribution in [0.5, 0.6) is 5.88 Å². The monoisotopic (exact) mass is 341 g/mol. The summed E-state index contributed by atoms with van der Waals surface area (Å²) in [5.74, 6) is -0.113. The Morgan fingerprint density at radius 2 is 2.04 bits per heavy atom. The zero-order valence-corrected chi connectivity index (χ0v) is 12.4. The molecule has 0 fully saturated rings. The summed E-state index contributed by atoms with van der Waals surface area (Å²) in [6.07, 6.45) is -3.06. The first-order valence-corrected chi connectivity index (χ1v) is 6.83. The van der Waals surface area contributed by atoms with Crippen molar-refractivity contribution < 1.29 is 17.9 Å². The molecule has 0 radical (unpaired) electrons. The predicted octanol–water partition coefficient (Wildman–Crippen LogP) is 4.16. The number of benzene rings is 1. The lowest BCUT2D eigenvalue weighted by Gasteiger charge is -2.11. The van der Waals surface area contributed by atoms with Crippen molar-refractivity contribution in [1.82, 2.24) is 4.98 Å². The van der Waals surface area contributed by atoms with E-state index >= 15 is 0 Å². The Bertz CT molecular complexity index is 729. The highest BCUT2D eigenvalue weighted by molar-refractivity contribution is 6.30. The van der Waals surface area contributed by atoms with Crippen LogP contribution in [0, 0.1) is 11.3 Å². The molecule has 1 aromatic heterocycles. The Hall–Kier alpha value is -2.46. The van der Waals surface area contributed by atoms with Crippen LogP contribution in [0.3, 0.4) is 0 Å². The van der Waals surface area contributed by atoms with E-state index in [-0.39, 0.29) is 5.88 Å². The number of halogens is 4. The van der Waals surface area contributed by atoms with Crippen molar-refractivity contribution in [2.45, 2.75) is 12.7 Å². The van der Waals surface area contributed by atoms with Crippen molar-refractivity contribution in [2.75, 3.05) is 11.9 Å². The zero-order valence-electron chi connectivity index (χ0n) is 11.7. The first kappa shape index (κ1) is 16.9. The van der Waals surface area contributed by atoms with Gasteiger partial charge in [0.05, 0.1) is 11.3 Å². The van der Waals surface area contributed by atoms with Gasteiger partial charge in [0.15, 0.2) is 6.61 Å². The standard InChI is InChI=1S/C15H11ClF3N3O/c16-12-1-2-13(11(6-12)7-20)22-8-10-3-4-21-14(5-10)23-9-15(17,18)19/h1-6,22H,8-9H2. The van der Waals surface area contributed by atoms with Gasteiger partial charge in [0.2, 0.25) is 5.88 Å². The van der Waals surface area contributed by atoms with E-state index in [1.165, 1.54) is 18.3 Å². The number of aromatic nitrogens is 1. The van der Waals surface area contributed by atoms with Crippen molar-refractivity contribution in [3.8, 4) is 11.9 Å². The summed E-state index contributed by atoms with van der Waals surface area (Å²) in [6, 6.07) is 9.86. The number of nitrogens with one attached hydrogen (secondary N) is 1. The number of rotatable bonds is 5. The minimum atomic E-state index is -4.42. The number of nitrogens with zero attached hydrogens (tertiary/aromatic N) is 2. The molecule has 1 heterocycles. The fourth-order valence-corrected chi connectivity index (χ4v) is 1.93. The van der Waals surface area contributed by atoms with Crippen LogP contribution in [0.2, 0.25) is 5.02 Å². The number of nitriles is 1. The van der Waals surface area contributed by atoms with E-state index in [2.05, 4.69) is 15.0 Å². The Balaban J connectivity index is 2.03. The van der Waals surface area contributed by atoms with E-state index in [1.807, 2.05) is 6.07 Å². The maximum absolute atomic E-state index is 12.1. The molecule has 2 rings (SSSR count). The summed E-state index contributed by atoms with van der Waals surface area (Å²) in [4.78, 5) is 3.72. The lowest BCUT2D eigenvalue weighted by atomic mass is 10.2. The second-order valence-electron chi connectivity index (χ2n) is 4.56. The molecule has 0 saturated heterocycles. The van der Waals surface area contributed by atoms with Gasteiger partial charge in [-0.3, -0.25) is 0 Å². The predicted molar refractivity (Wildman–Crippen MR) is 79.3 cm³/mol. The van der Waals surface area contributed by atoms with Gasteiger partial charge in [-0.15, -0.1) is 0 Å². The normalized spacial score (nSPS) is 10.9. The smallest absolute Gasteiger partial charge is 0.422 e. The van der Waals surface area contributed by atoms with Gasteiger partial charge < -0.3 is 10.1 Å². The number of alkyl halides is 3. The fraction of sp³-hybridized carbons (Fsp3) is 0.200. The number of hydrogen-bond acceptors (Lipinski definition) is 4. The minimum Gasteiger partial charge on any atom is -0.468 e. The minimum absolute atomic E-state index is 0.113. The first-order valence-electron chi connectivity index (χ1n) is 6.45. The molecule has 0 bridgehead atoms. The average molecular weight is 342 g/mol. The van der Waals surface area contributed by atoms with Gasteiger partial charge in [-0.25, -0.2) is 4.98 Å². The molecule has 2 aromatic rings. The molecular weight excluding hydrogens is 331 g/mol. The molecule has 1 aromatic carbocycles. The molecular formula is C15H11ClF3N3O. The summed E-state index contributed by atoms with van der Waals surface area (Å²) in [5.41, 5.74) is 1.61. The van der Waals surface area contributed by atoms with E-state index in [4.69, 9.17) is 16.9 Å². The Kier molecular flexibility index (Phi) is 5.29. The molecule has 0 amide bonds. The van der Waals surface area contributed by atoms with Gasteiger partial charge in [0, 0.05) is 23.8 Å². The van der Waals surface area contributed by atoms with Crippen LogP contribution in [0.1, 0.15) is 11.1 Å². The van der Waals surface area contributed by atoms with Gasteiger partial charge in [-0.2, -0.15) is 18.4 Å². The molecule has 1 N–H and O–H groups in total. The summed E-state index contributed by atoms with van der Waals surface area (Å²) in [7, 11) is 0. The largest absolute Gasteiger partial charge is 0.468 e. The topological polar surface area (TPSA) is 57.9 Å². The SMILES string of the molecule is N#Cc1cc(Cl)ccc1NCc1ccnc(OCC(F)(F)F)c1. The van der Waals surface area contributed by atoms with Crippen LogP contribution in [0.25, 0.3) is 0 Å². The molecule has 0 saturated carbocycles. The van der Waals surface area contributed by atoms with E-state index in [1.54, 1.807) is 18.2 Å². The highest BCUT2D eigenvalue weighted by Gasteiger charge is 2.28. The summed E-state index contributed by atoms with van der Waals surface area (Å²) in [5, 5.41) is 12.5. The van der Waals surface area contributed by atoms with E-state index in [9.17, 15) is 13.2 Å². The number of ether oxygens (including phenoxy) is 1. The number of hydrogen-bond donors (Lipinski definition) is 1. The first-order chi connectivity index (χ1) is 10.9. The number of pyridine rings is 1. The summed E-state index contributed by atoms with van der Waals surface area (Å²) < 4.78 is 41.0. The quantitative estimate of drug-likeness (QED) is 0.887. The van der Waals surface area contributed by atoms with Crippen LogP contribution < -0.4 is 10.1 Å². The number of anilines is 1. The lowest BCUT2D eigenvalue weighted by molar-refractivity contribution is -0.154. The van der Waals surface area contributed by atoms with Crippen molar-refractivity contribution in [2.24, 2.45) is 0 Å². The van der Waals surface area contributed by atoms with Crippen LogP contribution >= 0.6 is 11.6 Å². The zero-order chi connectivity index (χ0) is 16.9. The third-order valence-electron chi connectivity index (χ3n) is 2.77. The Morgan fingerprint density at radius 1 is 1.26 bits per heavy atom. The third-order valence-corrected chi connectivity index (χ3v) is 3.00. The van der Waals surface area contributed by atoms with Crippen LogP contribution in [0.4, 0.5) is 18.9 Å². The highest BCUT2D eigenvalue weighted by atomic mass is 35.5. The molecule has 0 spiro atoms. The van der Waals surface area contributed by atoms with Crippen molar-refractivity contribution in [3.05, 3.63) is 52.7 Å². The molecule has 0 aliphatic heterocycles. The Labute approximate surface area is 135 Å². The van der Waals surface area contributed by atoms with Crippen molar-refractivity contribution in [3.63, 3.8) is 0 Å². The van der Waals surface area contributed by atoms with Crippen molar-refractivity contribution in [1.29, 1.82) is 5.26 Å². The molecule has 0 atom stereocenters. The van der Waals surface area contributed by atoms with E-state index in [0.29, 0.717) is 28.4 Å². The Morgan fingerprint density at radius 3 is 2.74 bits per heavy atom. The fourth-order valence-electron chi connectivity index (χ4n) is 1.76. The lowest BCUT2D eigenvalue weighted by Crippen LogP contribution is -2.19. The van der Waals surface area contributed by atoms with Crippen LogP contribution in [0.15, 0.2) is 36.5 Å². The second kappa shape index (κ2) is 7.20. The summed E-state index contributed by atoms with van der Waals surface area (Å²) in [6.45, 7) is -1.10. The molecule has 120 valence electrons. The maximum Gasteiger partial charge on any atom is 0.422 e.